The first-order valence-electron chi connectivity index (χ1n) is 8.73. The second-order valence-corrected chi connectivity index (χ2v) is 6.93. The largest absolute Gasteiger partial charge is 0.352 e. The lowest BCUT2D eigenvalue weighted by Gasteiger charge is -2.09. The van der Waals surface area contributed by atoms with Crippen molar-refractivity contribution in [2.45, 2.75) is 26.4 Å². The molecule has 0 aliphatic carbocycles. The molecule has 0 spiro atoms. The van der Waals surface area contributed by atoms with Crippen LogP contribution >= 0.6 is 11.6 Å². The van der Waals surface area contributed by atoms with Crippen LogP contribution in [-0.2, 0) is 11.3 Å². The molecule has 0 saturated carbocycles. The number of carbonyl (C=O) groups is 1. The average Bonchev–Trinajstić information content (AvgIpc) is 2.98. The van der Waals surface area contributed by atoms with E-state index in [0.717, 1.165) is 5.56 Å². The molecule has 2 heterocycles. The van der Waals surface area contributed by atoms with Gasteiger partial charge in [-0.2, -0.15) is 4.68 Å². The van der Waals surface area contributed by atoms with Gasteiger partial charge in [0.15, 0.2) is 11.6 Å². The highest BCUT2D eigenvalue weighted by Crippen LogP contribution is 2.21. The molecule has 0 unspecified atom stereocenters. The number of nitrogens with one attached hydrogen (secondary N) is 1. The third-order valence-electron chi connectivity index (χ3n) is 3.92. The normalized spacial score (nSPS) is 10.9. The van der Waals surface area contributed by atoms with Crippen LogP contribution in [0.25, 0.3) is 23.3 Å². The third-order valence-corrected chi connectivity index (χ3v) is 4.16. The predicted molar refractivity (Wildman–Crippen MR) is 109 cm³/mol. The van der Waals surface area contributed by atoms with Crippen molar-refractivity contribution in [1.29, 1.82) is 0 Å². The number of benzene rings is 1. The van der Waals surface area contributed by atoms with Crippen molar-refractivity contribution >= 4 is 23.6 Å². The van der Waals surface area contributed by atoms with E-state index < -0.39 is 5.69 Å². The van der Waals surface area contributed by atoms with Crippen molar-refractivity contribution in [2.24, 2.45) is 0 Å². The van der Waals surface area contributed by atoms with E-state index in [1.165, 1.54) is 9.25 Å². The van der Waals surface area contributed by atoms with Gasteiger partial charge in [0, 0.05) is 22.8 Å². The molecule has 0 radical (unpaired) electrons. The molecule has 0 aliphatic heterocycles. The number of rotatable bonds is 6. The molecule has 0 saturated heterocycles. The maximum atomic E-state index is 13.0. The number of hydrogen-bond donors (Lipinski definition) is 1. The highest BCUT2D eigenvalue weighted by molar-refractivity contribution is 6.30. The van der Waals surface area contributed by atoms with E-state index in [2.05, 4.69) is 22.0 Å². The van der Waals surface area contributed by atoms with Crippen LogP contribution in [0.1, 0.15) is 19.4 Å². The minimum absolute atomic E-state index is 0.0408. The summed E-state index contributed by atoms with van der Waals surface area (Å²) in [6.45, 7) is 7.23. The third kappa shape index (κ3) is 4.20. The predicted octanol–water partition coefficient (Wildman–Crippen LogP) is 2.92. The zero-order chi connectivity index (χ0) is 20.3. The van der Waals surface area contributed by atoms with Gasteiger partial charge in [-0.15, -0.1) is 5.10 Å². The van der Waals surface area contributed by atoms with Crippen molar-refractivity contribution in [3.63, 3.8) is 0 Å². The van der Waals surface area contributed by atoms with Crippen molar-refractivity contribution in [2.75, 3.05) is 0 Å². The highest BCUT2D eigenvalue weighted by atomic mass is 35.5. The monoisotopic (exact) mass is 397 g/mol. The summed E-state index contributed by atoms with van der Waals surface area (Å²) in [4.78, 5) is 29.6. The van der Waals surface area contributed by atoms with Gasteiger partial charge in [-0.3, -0.25) is 9.36 Å². The van der Waals surface area contributed by atoms with E-state index in [-0.39, 0.29) is 18.5 Å². The molecular weight excluding hydrogens is 378 g/mol. The van der Waals surface area contributed by atoms with Gasteiger partial charge in [0.25, 0.3) is 0 Å². The van der Waals surface area contributed by atoms with E-state index in [4.69, 9.17) is 11.6 Å². The molecule has 1 amide bonds. The van der Waals surface area contributed by atoms with Crippen LogP contribution in [0.4, 0.5) is 0 Å². The second-order valence-electron chi connectivity index (χ2n) is 6.49. The Morgan fingerprint density at radius 2 is 2.11 bits per heavy atom. The Bertz CT molecular complexity index is 1070. The van der Waals surface area contributed by atoms with Crippen LogP contribution in [0.3, 0.4) is 0 Å². The van der Waals surface area contributed by atoms with Crippen molar-refractivity contribution < 1.29 is 4.79 Å². The molecule has 1 N–H and O–H groups in total. The Labute approximate surface area is 167 Å². The molecule has 2 aromatic heterocycles. The van der Waals surface area contributed by atoms with Gasteiger partial charge in [0.2, 0.25) is 5.91 Å². The van der Waals surface area contributed by atoms with Gasteiger partial charge in [0.05, 0.1) is 0 Å². The highest BCUT2D eigenvalue weighted by Gasteiger charge is 2.19. The molecule has 28 heavy (non-hydrogen) atoms. The van der Waals surface area contributed by atoms with Crippen LogP contribution in [0.2, 0.25) is 5.02 Å². The SMILES string of the molecule is C=Cc1ccc(-n2nc(-c3cccc(Cl)c3)n(CC(=O)NC(C)C)c2=O)nc1. The average molecular weight is 398 g/mol. The number of hydrogen-bond acceptors (Lipinski definition) is 4. The number of aromatic nitrogens is 4. The number of nitrogens with zero attached hydrogens (tertiary/aromatic N) is 4. The Hall–Kier alpha value is -3.19. The molecule has 3 rings (SSSR count). The molecule has 144 valence electrons. The fourth-order valence-corrected chi connectivity index (χ4v) is 2.87. The minimum atomic E-state index is -0.465. The first-order valence-corrected chi connectivity index (χ1v) is 9.11. The Morgan fingerprint density at radius 3 is 2.71 bits per heavy atom. The van der Waals surface area contributed by atoms with Crippen LogP contribution < -0.4 is 11.0 Å². The topological polar surface area (TPSA) is 81.8 Å². The fourth-order valence-electron chi connectivity index (χ4n) is 2.68. The molecule has 1 aromatic carbocycles. The van der Waals surface area contributed by atoms with E-state index in [0.29, 0.717) is 22.2 Å². The summed E-state index contributed by atoms with van der Waals surface area (Å²) < 4.78 is 2.48. The standard InChI is InChI=1S/C20H20ClN5O2/c1-4-14-8-9-17(22-11-14)26-20(28)25(12-18(27)23-13(2)3)19(24-26)15-6-5-7-16(21)10-15/h4-11,13H,1,12H2,2-3H3,(H,23,27). The maximum absolute atomic E-state index is 13.0. The van der Waals surface area contributed by atoms with Crippen LogP contribution in [0, 0.1) is 0 Å². The van der Waals surface area contributed by atoms with E-state index in [1.54, 1.807) is 48.7 Å². The zero-order valence-corrected chi connectivity index (χ0v) is 16.3. The molecule has 0 fully saturated rings. The summed E-state index contributed by atoms with van der Waals surface area (Å²) in [5.74, 6) is 0.401. The summed E-state index contributed by atoms with van der Waals surface area (Å²) in [6.07, 6.45) is 3.25. The molecule has 0 atom stereocenters. The van der Waals surface area contributed by atoms with Crippen molar-refractivity contribution in [1.82, 2.24) is 24.6 Å². The molecule has 3 aromatic rings. The lowest BCUT2D eigenvalue weighted by atomic mass is 10.2. The second kappa shape index (κ2) is 8.22. The quantitative estimate of drug-likeness (QED) is 0.693. The van der Waals surface area contributed by atoms with Gasteiger partial charge >= 0.3 is 5.69 Å². The van der Waals surface area contributed by atoms with E-state index in [9.17, 15) is 9.59 Å². The molecule has 0 aliphatic rings. The first kappa shape index (κ1) is 19.6. The van der Waals surface area contributed by atoms with Crippen LogP contribution in [0.5, 0.6) is 0 Å². The smallest absolute Gasteiger partial charge is 0.352 e. The molecule has 0 bridgehead atoms. The minimum Gasteiger partial charge on any atom is -0.352 e. The number of pyridine rings is 1. The first-order chi connectivity index (χ1) is 13.4. The van der Waals surface area contributed by atoms with Gasteiger partial charge in [-0.1, -0.05) is 36.4 Å². The summed E-state index contributed by atoms with van der Waals surface area (Å²) in [5, 5.41) is 7.71. The zero-order valence-electron chi connectivity index (χ0n) is 15.6. The van der Waals surface area contributed by atoms with Crippen molar-refractivity contribution in [3.8, 4) is 17.2 Å². The maximum Gasteiger partial charge on any atom is 0.352 e. The van der Waals surface area contributed by atoms with Crippen molar-refractivity contribution in [3.05, 3.63) is 70.2 Å². The summed E-state index contributed by atoms with van der Waals surface area (Å²) >= 11 is 6.10. The Morgan fingerprint density at radius 1 is 1.32 bits per heavy atom. The summed E-state index contributed by atoms with van der Waals surface area (Å²) in [5.41, 5.74) is 0.985. The molecule has 7 nitrogen and oxygen atoms in total. The van der Waals surface area contributed by atoms with Gasteiger partial charge in [0.1, 0.15) is 6.54 Å². The lowest BCUT2D eigenvalue weighted by Crippen LogP contribution is -2.36. The van der Waals surface area contributed by atoms with E-state index >= 15 is 0 Å². The number of amides is 1. The Balaban J connectivity index is 2.12. The summed E-state index contributed by atoms with van der Waals surface area (Å²) in [6, 6.07) is 10.4. The van der Waals surface area contributed by atoms with Gasteiger partial charge in [-0.25, -0.2) is 9.78 Å². The summed E-state index contributed by atoms with van der Waals surface area (Å²) in [7, 11) is 0. The number of halogens is 1. The number of carbonyl (C=O) groups excluding carboxylic acids is 1. The van der Waals surface area contributed by atoms with Gasteiger partial charge < -0.3 is 5.32 Å². The Kier molecular flexibility index (Phi) is 5.75. The van der Waals surface area contributed by atoms with Gasteiger partial charge in [-0.05, 0) is 43.7 Å². The fraction of sp³-hybridized carbons (Fsp3) is 0.200. The van der Waals surface area contributed by atoms with Crippen LogP contribution in [0.15, 0.2) is 54.0 Å². The molecular formula is C20H20ClN5O2. The molecule has 8 heteroatoms. The van der Waals surface area contributed by atoms with Crippen LogP contribution in [-0.4, -0.2) is 31.3 Å². The van der Waals surface area contributed by atoms with E-state index in [1.807, 2.05) is 13.8 Å². The lowest BCUT2D eigenvalue weighted by molar-refractivity contribution is -0.122.